The van der Waals surface area contributed by atoms with Crippen molar-refractivity contribution in [1.29, 1.82) is 0 Å². The summed E-state index contributed by atoms with van der Waals surface area (Å²) in [7, 11) is 0. The molecular weight excluding hydrogens is 255 g/mol. The first-order valence-electron chi connectivity index (χ1n) is 6.56. The van der Waals surface area contributed by atoms with E-state index < -0.39 is 5.82 Å². The van der Waals surface area contributed by atoms with Crippen LogP contribution in [0.25, 0.3) is 0 Å². The summed E-state index contributed by atoms with van der Waals surface area (Å²) in [5, 5.41) is 0. The number of anilines is 1. The predicted octanol–water partition coefficient (Wildman–Crippen LogP) is 2.61. The number of hydrogen-bond acceptors (Lipinski definition) is 2. The third kappa shape index (κ3) is 2.25. The Morgan fingerprint density at radius 2 is 1.90 bits per heavy atom. The lowest BCUT2D eigenvalue weighted by Crippen LogP contribution is -2.36. The number of carbonyl (C=O) groups excluding carboxylic acids is 1. The van der Waals surface area contributed by atoms with Crippen molar-refractivity contribution in [3.05, 3.63) is 65.0 Å². The van der Waals surface area contributed by atoms with Gasteiger partial charge in [0.1, 0.15) is 5.82 Å². The molecule has 0 bridgehead atoms. The smallest absolute Gasteiger partial charge is 0.257 e. The molecule has 2 aromatic rings. The number of nitrogens with zero attached hydrogens (tertiary/aromatic N) is 1. The van der Waals surface area contributed by atoms with Crippen LogP contribution in [-0.2, 0) is 13.0 Å². The van der Waals surface area contributed by atoms with Crippen LogP contribution in [0.3, 0.4) is 0 Å². The summed E-state index contributed by atoms with van der Waals surface area (Å²) in [6.45, 7) is 1.14. The van der Waals surface area contributed by atoms with E-state index >= 15 is 0 Å². The normalized spacial score (nSPS) is 13.9. The van der Waals surface area contributed by atoms with E-state index in [0.29, 0.717) is 18.8 Å². The zero-order valence-corrected chi connectivity index (χ0v) is 11.0. The minimum absolute atomic E-state index is 0.0820. The third-order valence-corrected chi connectivity index (χ3v) is 3.64. The van der Waals surface area contributed by atoms with Crippen molar-refractivity contribution in [3.63, 3.8) is 0 Å². The Hall–Kier alpha value is -2.36. The van der Waals surface area contributed by atoms with E-state index in [1.807, 2.05) is 18.2 Å². The van der Waals surface area contributed by atoms with Crippen molar-refractivity contribution >= 4 is 11.6 Å². The number of hydrogen-bond donors (Lipinski definition) is 1. The van der Waals surface area contributed by atoms with Crippen LogP contribution in [0.5, 0.6) is 0 Å². The van der Waals surface area contributed by atoms with Crippen molar-refractivity contribution in [2.75, 3.05) is 12.3 Å². The van der Waals surface area contributed by atoms with Crippen LogP contribution in [0.2, 0.25) is 0 Å². The maximum absolute atomic E-state index is 13.8. The highest BCUT2D eigenvalue weighted by Gasteiger charge is 2.23. The molecule has 0 fully saturated rings. The molecule has 0 saturated carbocycles. The highest BCUT2D eigenvalue weighted by Crippen LogP contribution is 2.21. The molecule has 2 N–H and O–H groups in total. The van der Waals surface area contributed by atoms with Crippen molar-refractivity contribution in [1.82, 2.24) is 4.90 Å². The second kappa shape index (κ2) is 4.96. The van der Waals surface area contributed by atoms with Crippen LogP contribution in [0.1, 0.15) is 21.5 Å². The first-order chi connectivity index (χ1) is 9.65. The van der Waals surface area contributed by atoms with Gasteiger partial charge in [-0.25, -0.2) is 4.39 Å². The molecule has 1 aliphatic rings. The molecule has 3 rings (SSSR count). The van der Waals surface area contributed by atoms with Gasteiger partial charge in [-0.2, -0.15) is 0 Å². The lowest BCUT2D eigenvalue weighted by molar-refractivity contribution is 0.0730. The molecule has 0 saturated heterocycles. The van der Waals surface area contributed by atoms with Crippen LogP contribution in [0, 0.1) is 5.82 Å². The van der Waals surface area contributed by atoms with Crippen molar-refractivity contribution in [3.8, 4) is 0 Å². The van der Waals surface area contributed by atoms with Gasteiger partial charge >= 0.3 is 0 Å². The van der Waals surface area contributed by atoms with E-state index in [2.05, 4.69) is 6.07 Å². The molecule has 0 radical (unpaired) electrons. The van der Waals surface area contributed by atoms with E-state index in [0.717, 1.165) is 12.0 Å². The number of fused-ring (bicyclic) bond motifs is 1. The molecule has 20 heavy (non-hydrogen) atoms. The highest BCUT2D eigenvalue weighted by atomic mass is 19.1. The molecule has 1 aliphatic heterocycles. The summed E-state index contributed by atoms with van der Waals surface area (Å²) in [5.74, 6) is -0.842. The summed E-state index contributed by atoms with van der Waals surface area (Å²) in [5.41, 5.74) is 8.30. The summed E-state index contributed by atoms with van der Waals surface area (Å²) in [6.07, 6.45) is 0.804. The second-order valence-electron chi connectivity index (χ2n) is 4.98. The third-order valence-electron chi connectivity index (χ3n) is 3.64. The number of benzene rings is 2. The minimum Gasteiger partial charge on any atom is -0.399 e. The Morgan fingerprint density at radius 3 is 2.65 bits per heavy atom. The molecule has 0 unspecified atom stereocenters. The fraction of sp³-hybridized carbons (Fsp3) is 0.188. The zero-order chi connectivity index (χ0) is 14.1. The summed E-state index contributed by atoms with van der Waals surface area (Å²) < 4.78 is 13.8. The van der Waals surface area contributed by atoms with Gasteiger partial charge in [0.25, 0.3) is 5.91 Å². The molecule has 0 spiro atoms. The van der Waals surface area contributed by atoms with Gasteiger partial charge < -0.3 is 10.6 Å². The predicted molar refractivity (Wildman–Crippen MR) is 75.7 cm³/mol. The fourth-order valence-corrected chi connectivity index (χ4v) is 2.54. The van der Waals surface area contributed by atoms with Gasteiger partial charge in [-0.15, -0.1) is 0 Å². The van der Waals surface area contributed by atoms with Crippen LogP contribution in [0.4, 0.5) is 10.1 Å². The van der Waals surface area contributed by atoms with Crippen molar-refractivity contribution in [2.45, 2.75) is 13.0 Å². The number of nitrogen functional groups attached to an aromatic ring is 1. The second-order valence-corrected chi connectivity index (χ2v) is 4.98. The van der Waals surface area contributed by atoms with E-state index in [9.17, 15) is 9.18 Å². The van der Waals surface area contributed by atoms with Crippen LogP contribution < -0.4 is 5.73 Å². The number of rotatable bonds is 1. The van der Waals surface area contributed by atoms with Gasteiger partial charge in [0, 0.05) is 18.8 Å². The Bertz CT molecular complexity index is 669. The number of amides is 1. The fourth-order valence-electron chi connectivity index (χ4n) is 2.54. The standard InChI is InChI=1S/C16H15FN2O/c17-15-9-13(18)5-6-14(15)16(20)19-8-7-11-3-1-2-4-12(11)10-19/h1-6,9H,7-8,10,18H2. The van der Waals surface area contributed by atoms with Crippen LogP contribution in [0.15, 0.2) is 42.5 Å². The quantitative estimate of drug-likeness (QED) is 0.810. The van der Waals surface area contributed by atoms with Gasteiger partial charge in [-0.3, -0.25) is 4.79 Å². The monoisotopic (exact) mass is 270 g/mol. The van der Waals surface area contributed by atoms with E-state index in [-0.39, 0.29) is 11.5 Å². The molecule has 4 heteroatoms. The maximum atomic E-state index is 13.8. The molecule has 2 aromatic carbocycles. The van der Waals surface area contributed by atoms with E-state index in [1.165, 1.54) is 17.7 Å². The Balaban J connectivity index is 1.86. The SMILES string of the molecule is Nc1ccc(C(=O)N2CCc3ccccc3C2)c(F)c1. The van der Waals surface area contributed by atoms with Gasteiger partial charge in [0.05, 0.1) is 5.56 Å². The topological polar surface area (TPSA) is 46.3 Å². The zero-order valence-electron chi connectivity index (χ0n) is 11.0. The molecule has 0 aromatic heterocycles. The number of carbonyl (C=O) groups is 1. The molecule has 0 aliphatic carbocycles. The Labute approximate surface area is 116 Å². The highest BCUT2D eigenvalue weighted by molar-refractivity contribution is 5.95. The largest absolute Gasteiger partial charge is 0.399 e. The number of nitrogens with two attached hydrogens (primary N) is 1. The lowest BCUT2D eigenvalue weighted by Gasteiger charge is -2.29. The molecule has 1 heterocycles. The van der Waals surface area contributed by atoms with Crippen LogP contribution in [-0.4, -0.2) is 17.4 Å². The average molecular weight is 270 g/mol. The Kier molecular flexibility index (Phi) is 3.14. The van der Waals surface area contributed by atoms with Gasteiger partial charge in [0.15, 0.2) is 0 Å². The van der Waals surface area contributed by atoms with Gasteiger partial charge in [0.2, 0.25) is 0 Å². The first kappa shape index (κ1) is 12.7. The summed E-state index contributed by atoms with van der Waals surface area (Å²) in [4.78, 5) is 14.1. The van der Waals surface area contributed by atoms with Crippen molar-refractivity contribution in [2.24, 2.45) is 0 Å². The van der Waals surface area contributed by atoms with Crippen LogP contribution >= 0.6 is 0 Å². The summed E-state index contributed by atoms with van der Waals surface area (Å²) >= 11 is 0. The first-order valence-corrected chi connectivity index (χ1v) is 6.56. The minimum atomic E-state index is -0.561. The molecule has 3 nitrogen and oxygen atoms in total. The number of halogens is 1. The Morgan fingerprint density at radius 1 is 1.15 bits per heavy atom. The summed E-state index contributed by atoms with van der Waals surface area (Å²) in [6, 6.07) is 12.2. The average Bonchev–Trinajstić information content (AvgIpc) is 2.46. The molecule has 1 amide bonds. The van der Waals surface area contributed by atoms with Gasteiger partial charge in [-0.1, -0.05) is 24.3 Å². The molecular formula is C16H15FN2O. The molecule has 0 atom stereocenters. The lowest BCUT2D eigenvalue weighted by atomic mass is 9.99. The maximum Gasteiger partial charge on any atom is 0.257 e. The van der Waals surface area contributed by atoms with Gasteiger partial charge in [-0.05, 0) is 35.7 Å². The van der Waals surface area contributed by atoms with E-state index in [4.69, 9.17) is 5.73 Å². The van der Waals surface area contributed by atoms with Crippen molar-refractivity contribution < 1.29 is 9.18 Å². The molecule has 102 valence electrons. The van der Waals surface area contributed by atoms with E-state index in [1.54, 1.807) is 11.0 Å².